The summed E-state index contributed by atoms with van der Waals surface area (Å²) in [6.45, 7) is 3.29. The molecular weight excluding hydrogens is 801 g/mol. The normalized spacial score (nSPS) is 30.5. The molecule has 0 saturated heterocycles. The number of thiophene rings is 2. The maximum absolute atomic E-state index is 15.1. The number of aliphatic hydroxyl groups excluding tert-OH is 2. The molecule has 2 saturated carbocycles. The number of nitrogens with zero attached hydrogens (tertiary/aromatic N) is 1. The standard InChI is InChI=1S/C50H54N4O5S2/c1-4-6-33-11-15-42(60-33)43-16-17-44(61-43)47(58)38-14-10-31-24-50(38)25-36(37(26-50)41(57)27-55)30-9-12-34-32(21-39(31)53-48(51)52-3)22-40(56)35-13-18-45(54-46(34)35)49(2,59)23-29-8-5-7-28(19-29)20-30/h5,7-8,11,13,15-19,22,30-31,36-39,41,45,54-57,59H,10,14,20-21,23-27H2,1-3H3,(H3,51,52,53)/t30-,31+,36-,37+,38+,39+,41-,45+,49-,50-/m1/s1. The number of rotatable bonds is 6. The molecule has 8 N–H and O–H groups in total. The summed E-state index contributed by atoms with van der Waals surface area (Å²) >= 11 is 3.17. The van der Waals surface area contributed by atoms with E-state index in [2.05, 4.69) is 57.5 Å². The van der Waals surface area contributed by atoms with E-state index in [1.165, 1.54) is 11.3 Å². The van der Waals surface area contributed by atoms with Crippen LogP contribution in [0.15, 0.2) is 65.7 Å². The molecule has 4 heterocycles. The smallest absolute Gasteiger partial charge is 0.188 e. The lowest BCUT2D eigenvalue weighted by Gasteiger charge is -2.47. The van der Waals surface area contributed by atoms with E-state index in [1.54, 1.807) is 18.4 Å². The molecule has 0 radical (unpaired) electrons. The van der Waals surface area contributed by atoms with Crippen LogP contribution in [0.25, 0.3) is 15.8 Å². The van der Waals surface area contributed by atoms with Crippen molar-refractivity contribution in [2.75, 3.05) is 19.0 Å². The Kier molecular flexibility index (Phi) is 11.2. The van der Waals surface area contributed by atoms with Crippen LogP contribution in [0, 0.1) is 58.7 Å². The van der Waals surface area contributed by atoms with Crippen molar-refractivity contribution in [2.24, 2.45) is 45.7 Å². The second-order valence-corrected chi connectivity index (χ2v) is 20.4. The van der Waals surface area contributed by atoms with Gasteiger partial charge in [-0.3, -0.25) is 9.79 Å². The van der Waals surface area contributed by atoms with Crippen LogP contribution in [0.4, 0.5) is 5.69 Å². The van der Waals surface area contributed by atoms with Crippen LogP contribution < -0.4 is 16.4 Å². The third-order valence-electron chi connectivity index (χ3n) is 14.4. The fraction of sp³-hybridized carbons (Fsp3) is 0.440. The van der Waals surface area contributed by atoms with E-state index >= 15 is 4.79 Å². The van der Waals surface area contributed by atoms with E-state index in [0.717, 1.165) is 48.2 Å². The summed E-state index contributed by atoms with van der Waals surface area (Å²) in [5.74, 6) is 13.2. The summed E-state index contributed by atoms with van der Waals surface area (Å²) in [5, 5.41) is 53.4. The maximum Gasteiger partial charge on any atom is 0.188 e. The van der Waals surface area contributed by atoms with E-state index in [-0.39, 0.29) is 53.8 Å². The molecule has 9 bridgehead atoms. The second kappa shape index (κ2) is 16.4. The van der Waals surface area contributed by atoms with Gasteiger partial charge in [-0.1, -0.05) is 54.2 Å². The van der Waals surface area contributed by atoms with E-state index in [4.69, 9.17) is 5.73 Å². The first-order valence-electron chi connectivity index (χ1n) is 21.5. The number of phenols is 1. The number of Topliss-reactive ketones (excluding diaryl/α,β-unsaturated/α-hetero) is 1. The number of carbonyl (C=O) groups is 1. The number of nitrogens with one attached hydrogen (secondary N) is 2. The van der Waals surface area contributed by atoms with Crippen LogP contribution in [0.3, 0.4) is 0 Å². The number of nitrogens with two attached hydrogens (primary N) is 1. The summed E-state index contributed by atoms with van der Waals surface area (Å²) in [6.07, 6.45) is 7.65. The van der Waals surface area contributed by atoms with Gasteiger partial charge >= 0.3 is 0 Å². The summed E-state index contributed by atoms with van der Waals surface area (Å²) < 4.78 is 0. The monoisotopic (exact) mass is 854 g/mol. The highest BCUT2D eigenvalue weighted by molar-refractivity contribution is 7.23. The zero-order chi connectivity index (χ0) is 42.6. The van der Waals surface area contributed by atoms with E-state index in [0.29, 0.717) is 62.2 Å². The Labute approximate surface area is 366 Å². The van der Waals surface area contributed by atoms with Crippen LogP contribution in [0.2, 0.25) is 0 Å². The highest BCUT2D eigenvalue weighted by Gasteiger charge is 2.58. The van der Waals surface area contributed by atoms with Crippen molar-refractivity contribution in [1.29, 1.82) is 0 Å². The van der Waals surface area contributed by atoms with Gasteiger partial charge in [0, 0.05) is 46.7 Å². The number of aliphatic hydroxyl groups is 3. The lowest BCUT2D eigenvalue weighted by molar-refractivity contribution is 0.0134. The molecule has 2 aromatic carbocycles. The van der Waals surface area contributed by atoms with Gasteiger partial charge in [-0.2, -0.15) is 0 Å². The number of benzene rings is 2. The Hall–Kier alpha value is -4.88. The van der Waals surface area contributed by atoms with Gasteiger partial charge in [0.05, 0.1) is 45.4 Å². The van der Waals surface area contributed by atoms with Crippen LogP contribution in [-0.2, 0) is 19.3 Å². The second-order valence-electron chi connectivity index (χ2n) is 18.2. The first kappa shape index (κ1) is 41.5. The Bertz CT molecular complexity index is 2550. The highest BCUT2D eigenvalue weighted by atomic mass is 32.1. The van der Waals surface area contributed by atoms with Crippen molar-refractivity contribution < 1.29 is 25.2 Å². The minimum Gasteiger partial charge on any atom is -0.507 e. The van der Waals surface area contributed by atoms with Gasteiger partial charge in [0.2, 0.25) is 0 Å². The first-order chi connectivity index (χ1) is 29.4. The number of ketones is 1. The van der Waals surface area contributed by atoms with E-state index < -0.39 is 23.2 Å². The predicted octanol–water partition coefficient (Wildman–Crippen LogP) is 7.00. The Morgan fingerprint density at radius 1 is 1.08 bits per heavy atom. The van der Waals surface area contributed by atoms with Gasteiger partial charge in [0.25, 0.3) is 0 Å². The zero-order valence-corrected chi connectivity index (χ0v) is 36.5. The fourth-order valence-electron chi connectivity index (χ4n) is 11.5. The largest absolute Gasteiger partial charge is 0.507 e. The number of guanidine groups is 1. The zero-order valence-electron chi connectivity index (χ0n) is 34.9. The molecule has 11 heteroatoms. The van der Waals surface area contributed by atoms with Crippen LogP contribution in [0.1, 0.15) is 88.3 Å². The molecule has 9 nitrogen and oxygen atoms in total. The number of hydrogen-bond donors (Lipinski definition) is 7. The molecule has 2 fully saturated rings. The lowest BCUT2D eigenvalue weighted by Crippen LogP contribution is -2.50. The molecule has 3 aliphatic carbocycles. The molecular formula is C50H54N4O5S2. The van der Waals surface area contributed by atoms with Gasteiger partial charge in [0.15, 0.2) is 11.7 Å². The Morgan fingerprint density at radius 2 is 1.89 bits per heavy atom. The molecule has 0 amide bonds. The molecule has 61 heavy (non-hydrogen) atoms. The summed E-state index contributed by atoms with van der Waals surface area (Å²) in [5.41, 5.74) is 9.80. The number of aliphatic imine (C=N–C) groups is 1. The summed E-state index contributed by atoms with van der Waals surface area (Å²) in [7, 11) is 1.66. The summed E-state index contributed by atoms with van der Waals surface area (Å²) in [4.78, 5) is 23.3. The molecule has 5 aliphatic rings. The van der Waals surface area contributed by atoms with Crippen LogP contribution in [0.5, 0.6) is 5.75 Å². The predicted molar refractivity (Wildman–Crippen MR) is 245 cm³/mol. The van der Waals surface area contributed by atoms with Crippen LogP contribution >= 0.6 is 22.7 Å². The molecule has 2 aliphatic heterocycles. The third-order valence-corrected chi connectivity index (χ3v) is 16.7. The third kappa shape index (κ3) is 7.81. The quantitative estimate of drug-likeness (QED) is 0.0473. The van der Waals surface area contributed by atoms with E-state index in [1.807, 2.05) is 62.4 Å². The van der Waals surface area contributed by atoms with Gasteiger partial charge in [-0.15, -0.1) is 28.6 Å². The van der Waals surface area contributed by atoms with Crippen molar-refractivity contribution in [3.8, 4) is 39.2 Å². The van der Waals surface area contributed by atoms with Gasteiger partial charge in [-0.25, -0.2) is 0 Å². The van der Waals surface area contributed by atoms with Crippen molar-refractivity contribution in [1.82, 2.24) is 5.32 Å². The number of phenolic OH excluding ortho intramolecular Hbond substituents is 1. The Morgan fingerprint density at radius 3 is 2.69 bits per heavy atom. The molecule has 0 unspecified atom stereocenters. The van der Waals surface area contributed by atoms with Crippen molar-refractivity contribution in [3.63, 3.8) is 0 Å². The minimum absolute atomic E-state index is 0.0510. The maximum atomic E-state index is 15.1. The van der Waals surface area contributed by atoms with Gasteiger partial charge < -0.3 is 36.8 Å². The number of aromatic hydroxyl groups is 1. The fourth-order valence-corrected chi connectivity index (χ4v) is 13.5. The minimum atomic E-state index is -1.18. The molecule has 2 aromatic heterocycles. The molecule has 4 aromatic rings. The molecule has 1 spiro atoms. The van der Waals surface area contributed by atoms with Gasteiger partial charge in [-0.05, 0) is 129 Å². The van der Waals surface area contributed by atoms with Crippen molar-refractivity contribution in [2.45, 2.75) is 89.0 Å². The first-order valence-corrected chi connectivity index (χ1v) is 23.1. The number of hydrogen-bond acceptors (Lipinski definition) is 9. The molecule has 9 rings (SSSR count). The number of anilines is 1. The van der Waals surface area contributed by atoms with Crippen LogP contribution in [-0.4, -0.2) is 69.6 Å². The van der Waals surface area contributed by atoms with Gasteiger partial charge in [0.1, 0.15) is 5.75 Å². The molecule has 316 valence electrons. The number of fused-ring (bicyclic) bond motifs is 7. The Balaban J connectivity index is 1.21. The van der Waals surface area contributed by atoms with Crippen molar-refractivity contribution in [3.05, 3.63) is 98.2 Å². The molecule has 10 atom stereocenters. The number of carbonyl (C=O) groups excluding carboxylic acids is 1. The summed E-state index contributed by atoms with van der Waals surface area (Å²) in [6, 6.07) is 17.6. The SMILES string of the molecule is CC#Cc1ccc(-c2ccc(C(=O)[C@@H]3CC[C@H]4C[C@@]35C[C@H]([C@H](O)CO)[C@H](C5)[C@@H]3C#Cc5c(cc(O)c6c5N[C@@H](C=C6)[C@](C)(O)Cc5cccc(c5)C3)C[C@@H]4NC(N)=NC)s2)s1. The van der Waals surface area contributed by atoms with Crippen molar-refractivity contribution >= 4 is 46.2 Å². The average Bonchev–Trinajstić information content (AvgIpc) is 4.01. The van der Waals surface area contributed by atoms with E-state index in [9.17, 15) is 20.4 Å². The average molecular weight is 855 g/mol. The lowest BCUT2D eigenvalue weighted by atomic mass is 9.58. The topological polar surface area (TPSA) is 160 Å². The highest BCUT2D eigenvalue weighted by Crippen LogP contribution is 2.62.